The van der Waals surface area contributed by atoms with E-state index >= 15 is 0 Å². The molecule has 1 aromatic heterocycles. The minimum atomic E-state index is -4.35. The molecule has 0 radical (unpaired) electrons. The molecule has 1 aliphatic heterocycles. The molecule has 0 spiro atoms. The number of hydrogen-bond acceptors (Lipinski definition) is 11. The summed E-state index contributed by atoms with van der Waals surface area (Å²) in [6.45, 7) is 2.88. The molecule has 14 heteroatoms. The van der Waals surface area contributed by atoms with Gasteiger partial charge in [0.05, 0.1) is 45.2 Å². The zero-order chi connectivity index (χ0) is 29.9. The average molecular weight is 650 g/mol. The van der Waals surface area contributed by atoms with Gasteiger partial charge >= 0.3 is 0 Å². The molecular weight excluding hydrogens is 619 g/mol. The minimum absolute atomic E-state index is 0.160. The van der Waals surface area contributed by atoms with Crippen molar-refractivity contribution in [2.45, 2.75) is 31.2 Å². The van der Waals surface area contributed by atoms with E-state index in [9.17, 15) is 21.4 Å². The maximum atomic E-state index is 12.3. The van der Waals surface area contributed by atoms with E-state index in [4.69, 9.17) is 9.02 Å². The van der Waals surface area contributed by atoms with Gasteiger partial charge in [-0.15, -0.1) is 0 Å². The number of anilines is 1. The molecule has 0 aliphatic carbocycles. The van der Waals surface area contributed by atoms with Crippen LogP contribution in [0.3, 0.4) is 0 Å². The molecule has 0 bridgehead atoms. The summed E-state index contributed by atoms with van der Waals surface area (Å²) < 4.78 is 72.2. The quantitative estimate of drug-likeness (QED) is 0.126. The van der Waals surface area contributed by atoms with Crippen LogP contribution in [0.1, 0.15) is 24.8 Å². The summed E-state index contributed by atoms with van der Waals surface area (Å²) in [4.78, 5) is 3.07. The molecule has 1 aliphatic rings. The summed E-state index contributed by atoms with van der Waals surface area (Å²) in [6, 6.07) is 17.9. The molecule has 0 saturated carbocycles. The van der Waals surface area contributed by atoms with Gasteiger partial charge in [0.15, 0.2) is 6.54 Å². The highest BCUT2D eigenvalue weighted by Crippen LogP contribution is 2.48. The standard InChI is InChI=1S/C28H31N3O7S4/c1-3-29-38-42(35,36)17-7-14-30-23-18-21(37-2)11-13-24(23)39-26(30)19-27-31(15-6-16-41(32,33)34)28-22-9-5-4-8-20(22)10-12-25(28)40-27/h4-5,8-13,18-19,29H,3,6-7,14-17H2,1-2H3. The Morgan fingerprint density at radius 3 is 2.62 bits per heavy atom. The molecule has 42 heavy (non-hydrogen) atoms. The Hall–Kier alpha value is -2.72. The summed E-state index contributed by atoms with van der Waals surface area (Å²) in [5.41, 5.74) is 4.29. The van der Waals surface area contributed by atoms with Gasteiger partial charge in [-0.1, -0.05) is 54.3 Å². The second kappa shape index (κ2) is 12.9. The number of thiazole rings is 1. The van der Waals surface area contributed by atoms with Gasteiger partial charge in [-0.2, -0.15) is 22.7 Å². The van der Waals surface area contributed by atoms with Crippen molar-refractivity contribution >= 4 is 76.1 Å². The highest BCUT2D eigenvalue weighted by atomic mass is 32.2. The number of aryl methyl sites for hydroxylation is 1. The zero-order valence-corrected chi connectivity index (χ0v) is 26.4. The largest absolute Gasteiger partial charge is 0.748 e. The number of aromatic nitrogens is 1. The molecule has 0 saturated heterocycles. The van der Waals surface area contributed by atoms with E-state index in [0.717, 1.165) is 41.6 Å². The van der Waals surface area contributed by atoms with Crippen LogP contribution in [0.5, 0.6) is 5.75 Å². The van der Waals surface area contributed by atoms with Gasteiger partial charge < -0.3 is 14.2 Å². The van der Waals surface area contributed by atoms with Gasteiger partial charge in [0, 0.05) is 36.2 Å². The van der Waals surface area contributed by atoms with Crippen LogP contribution in [-0.4, -0.2) is 53.1 Å². The Kier molecular flexibility index (Phi) is 9.42. The SMILES string of the molecule is CCNOS(=O)(=O)CCCN1C(=Cc2sc3ccc4ccccc4c3[n+]2CCCS(=O)(=O)[O-])Sc2ccc(OC)cc21. The first-order chi connectivity index (χ1) is 20.1. The van der Waals surface area contributed by atoms with Gasteiger partial charge in [0.1, 0.15) is 10.4 Å². The average Bonchev–Trinajstić information content (AvgIpc) is 3.48. The molecule has 10 nitrogen and oxygen atoms in total. The lowest BCUT2D eigenvalue weighted by atomic mass is 10.1. The Bertz CT molecular complexity index is 1850. The lowest BCUT2D eigenvalue weighted by molar-refractivity contribution is -0.667. The van der Waals surface area contributed by atoms with E-state index < -0.39 is 26.0 Å². The van der Waals surface area contributed by atoms with E-state index in [0.29, 0.717) is 31.8 Å². The number of nitrogens with one attached hydrogen (secondary N) is 1. The van der Waals surface area contributed by atoms with Crippen molar-refractivity contribution in [3.8, 4) is 5.75 Å². The van der Waals surface area contributed by atoms with Crippen LogP contribution in [0.25, 0.3) is 27.1 Å². The van der Waals surface area contributed by atoms with Crippen LogP contribution in [0.4, 0.5) is 5.69 Å². The van der Waals surface area contributed by atoms with Crippen molar-refractivity contribution in [2.24, 2.45) is 0 Å². The van der Waals surface area contributed by atoms with Gasteiger partial charge in [-0.25, -0.2) is 8.42 Å². The van der Waals surface area contributed by atoms with Crippen LogP contribution >= 0.6 is 23.1 Å². The normalized spacial score (nSPS) is 14.7. The highest BCUT2D eigenvalue weighted by Gasteiger charge is 2.29. The smallest absolute Gasteiger partial charge is 0.283 e. The first-order valence-electron chi connectivity index (χ1n) is 13.4. The molecule has 0 unspecified atom stereocenters. The van der Waals surface area contributed by atoms with Gasteiger partial charge in [-0.3, -0.25) is 0 Å². The topological polar surface area (TPSA) is 129 Å². The van der Waals surface area contributed by atoms with Gasteiger partial charge in [-0.05, 0) is 36.1 Å². The minimum Gasteiger partial charge on any atom is -0.748 e. The Morgan fingerprint density at radius 1 is 1.05 bits per heavy atom. The fourth-order valence-corrected chi connectivity index (χ4v) is 8.51. The second-order valence-corrected chi connectivity index (χ2v) is 14.9. The number of fused-ring (bicyclic) bond motifs is 4. The second-order valence-electron chi connectivity index (χ2n) is 9.61. The first kappa shape index (κ1) is 30.7. The summed E-state index contributed by atoms with van der Waals surface area (Å²) in [5, 5.41) is 3.88. The van der Waals surface area contributed by atoms with E-state index in [1.165, 1.54) is 0 Å². The third kappa shape index (κ3) is 7.08. The summed E-state index contributed by atoms with van der Waals surface area (Å²) in [6.07, 6.45) is 2.55. The number of hydrogen-bond donors (Lipinski definition) is 1. The molecule has 2 heterocycles. The number of nitrogens with zero attached hydrogens (tertiary/aromatic N) is 2. The predicted molar refractivity (Wildman–Crippen MR) is 166 cm³/mol. The number of rotatable bonds is 13. The van der Waals surface area contributed by atoms with E-state index in [1.54, 1.807) is 37.1 Å². The third-order valence-electron chi connectivity index (χ3n) is 6.68. The molecule has 5 rings (SSSR count). The van der Waals surface area contributed by atoms with E-state index in [-0.39, 0.29) is 12.2 Å². The van der Waals surface area contributed by atoms with Crippen LogP contribution in [-0.2, 0) is 31.1 Å². The van der Waals surface area contributed by atoms with Gasteiger partial charge in [0.2, 0.25) is 5.52 Å². The third-order valence-corrected chi connectivity index (χ3v) is 10.8. The maximum Gasteiger partial charge on any atom is 0.283 e. The predicted octanol–water partition coefficient (Wildman–Crippen LogP) is 4.46. The Morgan fingerprint density at radius 2 is 1.86 bits per heavy atom. The molecule has 224 valence electrons. The lowest BCUT2D eigenvalue weighted by Crippen LogP contribution is -2.36. The molecule has 0 amide bonds. The van der Waals surface area contributed by atoms with Crippen LogP contribution in [0, 0.1) is 0 Å². The molecule has 1 N–H and O–H groups in total. The summed E-state index contributed by atoms with van der Waals surface area (Å²) in [5.74, 6) is 0.0749. The zero-order valence-electron chi connectivity index (χ0n) is 23.1. The lowest BCUT2D eigenvalue weighted by Gasteiger charge is -2.20. The van der Waals surface area contributed by atoms with Crippen LogP contribution in [0.15, 0.2) is 64.5 Å². The molecular formula is C28H31N3O7S4. The van der Waals surface area contributed by atoms with Crippen molar-refractivity contribution in [3.05, 3.63) is 64.6 Å². The van der Waals surface area contributed by atoms with Crippen molar-refractivity contribution < 1.29 is 35.0 Å². The number of hydroxylamine groups is 1. The summed E-state index contributed by atoms with van der Waals surface area (Å²) >= 11 is 3.15. The van der Waals surface area contributed by atoms with Crippen molar-refractivity contribution in [2.75, 3.05) is 36.6 Å². The van der Waals surface area contributed by atoms with E-state index in [2.05, 4.69) is 27.1 Å². The van der Waals surface area contributed by atoms with E-state index in [1.807, 2.05) is 48.5 Å². The maximum absolute atomic E-state index is 12.3. The Balaban J connectivity index is 1.55. The first-order valence-corrected chi connectivity index (χ1v) is 18.1. The monoisotopic (exact) mass is 649 g/mol. The van der Waals surface area contributed by atoms with Crippen molar-refractivity contribution in [1.82, 2.24) is 5.48 Å². The number of thioether (sulfide) groups is 1. The molecule has 3 aromatic carbocycles. The fourth-order valence-electron chi connectivity index (χ4n) is 4.84. The number of benzene rings is 3. The van der Waals surface area contributed by atoms with Crippen molar-refractivity contribution in [3.63, 3.8) is 0 Å². The Labute approximate surface area is 253 Å². The van der Waals surface area contributed by atoms with Gasteiger partial charge in [0.25, 0.3) is 15.1 Å². The number of ether oxygens (including phenoxy) is 1. The van der Waals surface area contributed by atoms with Crippen LogP contribution < -0.4 is 19.7 Å². The molecule has 4 aromatic rings. The fraction of sp³-hybridized carbons (Fsp3) is 0.321. The summed E-state index contributed by atoms with van der Waals surface area (Å²) in [7, 11) is -6.49. The molecule has 0 atom stereocenters. The number of methoxy groups -OCH3 is 1. The van der Waals surface area contributed by atoms with Crippen LogP contribution in [0.2, 0.25) is 0 Å². The highest BCUT2D eigenvalue weighted by molar-refractivity contribution is 8.04. The van der Waals surface area contributed by atoms with Crippen molar-refractivity contribution in [1.29, 1.82) is 0 Å². The molecule has 0 fully saturated rings.